The number of nitro groups is 1. The molecule has 3 aromatic carbocycles. The number of anilines is 1. The molecule has 10 heteroatoms. The highest BCUT2D eigenvalue weighted by Crippen LogP contribution is 2.50. The van der Waals surface area contributed by atoms with Crippen LogP contribution in [0.4, 0.5) is 11.4 Å². The minimum atomic E-state index is -0.481. The second-order valence-corrected chi connectivity index (χ2v) is 10.9. The number of aliphatic hydroxyl groups is 1. The molecule has 43 heavy (non-hydrogen) atoms. The fourth-order valence-corrected chi connectivity index (χ4v) is 5.73. The largest absolute Gasteiger partial charge is 0.464 e. The Morgan fingerprint density at radius 1 is 1.07 bits per heavy atom. The van der Waals surface area contributed by atoms with Crippen LogP contribution in [0, 0.1) is 10.1 Å². The van der Waals surface area contributed by atoms with Crippen molar-refractivity contribution in [2.24, 2.45) is 5.10 Å². The zero-order valence-corrected chi connectivity index (χ0v) is 24.4. The molecule has 2 aliphatic heterocycles. The van der Waals surface area contributed by atoms with Gasteiger partial charge in [-0.3, -0.25) is 19.7 Å². The van der Waals surface area contributed by atoms with Crippen LogP contribution in [0.15, 0.2) is 89.2 Å². The summed E-state index contributed by atoms with van der Waals surface area (Å²) >= 11 is 0. The number of nitro benzene ring substituents is 1. The smallest absolute Gasteiger partial charge is 0.305 e. The van der Waals surface area contributed by atoms with Crippen molar-refractivity contribution < 1.29 is 24.4 Å². The molecular formula is C33H34N4O6. The number of carbonyl (C=O) groups excluding carboxylic acids is 2. The number of allylic oxidation sites excluding steroid dienone is 3. The van der Waals surface area contributed by atoms with Crippen LogP contribution >= 0.6 is 0 Å². The summed E-state index contributed by atoms with van der Waals surface area (Å²) in [7, 11) is 0. The molecule has 1 N–H and O–H groups in total. The minimum absolute atomic E-state index is 0.00578. The number of ether oxygens (including phenoxy) is 1. The average Bonchev–Trinajstić information content (AvgIpc) is 3.43. The Morgan fingerprint density at radius 2 is 1.81 bits per heavy atom. The van der Waals surface area contributed by atoms with E-state index < -0.39 is 10.3 Å². The Bertz CT molecular complexity index is 1670. The van der Waals surface area contributed by atoms with E-state index >= 15 is 0 Å². The molecule has 0 aromatic heterocycles. The van der Waals surface area contributed by atoms with Crippen molar-refractivity contribution in [2.45, 2.75) is 39.0 Å². The lowest BCUT2D eigenvalue weighted by Gasteiger charge is -2.27. The first kappa shape index (κ1) is 29.7. The van der Waals surface area contributed by atoms with E-state index in [4.69, 9.17) is 4.74 Å². The number of rotatable bonds is 10. The third-order valence-electron chi connectivity index (χ3n) is 7.85. The van der Waals surface area contributed by atoms with Gasteiger partial charge in [-0.15, -0.1) is 0 Å². The lowest BCUT2D eigenvalue weighted by atomic mass is 9.81. The van der Waals surface area contributed by atoms with Gasteiger partial charge in [-0.25, -0.2) is 5.01 Å². The molecule has 0 unspecified atom stereocenters. The zero-order valence-electron chi connectivity index (χ0n) is 24.4. The number of amides is 1. The number of hydrazone groups is 1. The molecule has 10 nitrogen and oxygen atoms in total. The summed E-state index contributed by atoms with van der Waals surface area (Å²) in [5.74, 6) is -0.733. The van der Waals surface area contributed by atoms with Crippen molar-refractivity contribution in [3.05, 3.63) is 105 Å². The maximum absolute atomic E-state index is 13.6. The van der Waals surface area contributed by atoms with Crippen LogP contribution in [0.5, 0.6) is 0 Å². The van der Waals surface area contributed by atoms with E-state index in [2.05, 4.69) is 48.1 Å². The van der Waals surface area contributed by atoms with E-state index in [9.17, 15) is 24.8 Å². The van der Waals surface area contributed by atoms with E-state index in [1.165, 1.54) is 22.7 Å². The fraction of sp³-hybridized carbons (Fsp3) is 0.303. The molecule has 5 rings (SSSR count). The number of esters is 1. The highest BCUT2D eigenvalue weighted by atomic mass is 16.6. The number of aliphatic hydroxyl groups excluding tert-OH is 1. The number of nitrogens with zero attached hydrogens (tertiary/aromatic N) is 4. The summed E-state index contributed by atoms with van der Waals surface area (Å²) in [5.41, 5.74) is 3.95. The average molecular weight is 583 g/mol. The van der Waals surface area contributed by atoms with Crippen LogP contribution in [-0.4, -0.2) is 58.9 Å². The molecule has 1 amide bonds. The lowest BCUT2D eigenvalue weighted by molar-refractivity contribution is -0.384. The molecule has 0 spiro atoms. The van der Waals surface area contributed by atoms with Crippen LogP contribution in [0.25, 0.3) is 10.8 Å². The molecule has 2 aliphatic rings. The molecule has 0 fully saturated rings. The van der Waals surface area contributed by atoms with E-state index in [-0.39, 0.29) is 43.7 Å². The number of benzene rings is 3. The predicted molar refractivity (Wildman–Crippen MR) is 165 cm³/mol. The molecule has 3 aromatic rings. The van der Waals surface area contributed by atoms with Crippen molar-refractivity contribution in [3.63, 3.8) is 0 Å². The van der Waals surface area contributed by atoms with Crippen LogP contribution in [0.2, 0.25) is 0 Å². The van der Waals surface area contributed by atoms with E-state index in [0.29, 0.717) is 29.8 Å². The van der Waals surface area contributed by atoms with Gasteiger partial charge in [0.15, 0.2) is 0 Å². The van der Waals surface area contributed by atoms with Gasteiger partial charge in [0.1, 0.15) is 12.3 Å². The summed E-state index contributed by atoms with van der Waals surface area (Å²) in [4.78, 5) is 38.2. The van der Waals surface area contributed by atoms with Gasteiger partial charge in [0.05, 0.1) is 17.0 Å². The monoisotopic (exact) mass is 582 g/mol. The molecule has 0 saturated heterocycles. The second kappa shape index (κ2) is 12.2. The van der Waals surface area contributed by atoms with Crippen molar-refractivity contribution in [3.8, 4) is 0 Å². The maximum atomic E-state index is 13.6. The Kier molecular flexibility index (Phi) is 8.40. The first-order chi connectivity index (χ1) is 20.7. The highest BCUT2D eigenvalue weighted by molar-refractivity contribution is 6.31. The molecule has 2 heterocycles. The first-order valence-electron chi connectivity index (χ1n) is 14.3. The number of hydrogen-bond acceptors (Lipinski definition) is 8. The summed E-state index contributed by atoms with van der Waals surface area (Å²) in [6, 6.07) is 18.3. The van der Waals surface area contributed by atoms with Gasteiger partial charge in [-0.1, -0.05) is 51.1 Å². The molecule has 0 bridgehead atoms. The molecule has 0 atom stereocenters. The first-order valence-corrected chi connectivity index (χ1v) is 14.3. The van der Waals surface area contributed by atoms with E-state index in [1.54, 1.807) is 25.1 Å². The number of fused-ring (bicyclic) bond motifs is 3. The van der Waals surface area contributed by atoms with Gasteiger partial charge in [0, 0.05) is 54.1 Å². The summed E-state index contributed by atoms with van der Waals surface area (Å²) in [6.07, 6.45) is 4.47. The Hall–Kier alpha value is -4.83. The van der Waals surface area contributed by atoms with Crippen LogP contribution < -0.4 is 4.90 Å². The highest BCUT2D eigenvalue weighted by Gasteiger charge is 2.41. The standard InChI is InChI=1S/C33H34N4O6/c1-4-29(39)43-21-19-36-32(40)26(31(34-36)23-10-13-24(14-11-23)37(41)42)15-17-28-33(2,3)30-25-9-6-5-8-22(25)12-16-27(30)35(28)18-7-20-38/h5-6,8-17,38H,4,7,18-21H2,1-3H3/b26-15-,28-17+. The van der Waals surface area contributed by atoms with Crippen LogP contribution in [0.3, 0.4) is 0 Å². The zero-order chi connectivity index (χ0) is 30.7. The van der Waals surface area contributed by atoms with Gasteiger partial charge in [-0.2, -0.15) is 5.10 Å². The van der Waals surface area contributed by atoms with Gasteiger partial charge in [0.25, 0.3) is 11.6 Å². The summed E-state index contributed by atoms with van der Waals surface area (Å²) in [5, 5.41) is 29.0. The number of non-ortho nitro benzene ring substituents is 1. The second-order valence-electron chi connectivity index (χ2n) is 10.9. The third-order valence-corrected chi connectivity index (χ3v) is 7.85. The number of carbonyl (C=O) groups is 2. The lowest BCUT2D eigenvalue weighted by Crippen LogP contribution is -2.28. The minimum Gasteiger partial charge on any atom is -0.464 e. The summed E-state index contributed by atoms with van der Waals surface area (Å²) < 4.78 is 5.18. The SMILES string of the molecule is CCC(=O)OCCN1N=C(c2ccc([N+](=O)[O-])cc2)/C(=C/C=C2/N(CCCO)c3ccc4ccccc4c3C2(C)C)C1=O. The molecule has 0 radical (unpaired) electrons. The normalized spacial score (nSPS) is 17.6. The maximum Gasteiger partial charge on any atom is 0.305 e. The molecule has 222 valence electrons. The van der Waals surface area contributed by atoms with Gasteiger partial charge in [0.2, 0.25) is 0 Å². The van der Waals surface area contributed by atoms with Gasteiger partial charge >= 0.3 is 5.97 Å². The fourth-order valence-electron chi connectivity index (χ4n) is 5.73. The quantitative estimate of drug-likeness (QED) is 0.150. The number of hydrogen-bond donors (Lipinski definition) is 1. The van der Waals surface area contributed by atoms with Gasteiger partial charge in [-0.05, 0) is 53.1 Å². The Labute approximate surface area is 249 Å². The molecule has 0 saturated carbocycles. The van der Waals surface area contributed by atoms with Crippen molar-refractivity contribution in [1.29, 1.82) is 0 Å². The van der Waals surface area contributed by atoms with E-state index in [1.807, 2.05) is 18.2 Å². The third kappa shape index (κ3) is 5.65. The van der Waals surface area contributed by atoms with Crippen molar-refractivity contribution in [2.75, 3.05) is 31.2 Å². The van der Waals surface area contributed by atoms with Crippen molar-refractivity contribution >= 4 is 39.7 Å². The molecular weight excluding hydrogens is 548 g/mol. The van der Waals surface area contributed by atoms with Gasteiger partial charge < -0.3 is 14.7 Å². The predicted octanol–water partition coefficient (Wildman–Crippen LogP) is 5.24. The van der Waals surface area contributed by atoms with Crippen LogP contribution in [-0.2, 0) is 19.7 Å². The Balaban J connectivity index is 1.57. The topological polar surface area (TPSA) is 126 Å². The molecule has 0 aliphatic carbocycles. The Morgan fingerprint density at radius 3 is 2.51 bits per heavy atom. The summed E-state index contributed by atoms with van der Waals surface area (Å²) in [6.45, 7) is 6.69. The van der Waals surface area contributed by atoms with Crippen LogP contribution in [0.1, 0.15) is 44.7 Å². The van der Waals surface area contributed by atoms with E-state index in [0.717, 1.165) is 22.2 Å². The van der Waals surface area contributed by atoms with Crippen molar-refractivity contribution in [1.82, 2.24) is 5.01 Å².